The fraction of sp³-hybridized carbons (Fsp3) is 0.200. The zero-order valence-electron chi connectivity index (χ0n) is 10.5. The van der Waals surface area contributed by atoms with E-state index in [-0.39, 0.29) is 6.04 Å². The van der Waals surface area contributed by atoms with Crippen LogP contribution in [0.3, 0.4) is 0 Å². The van der Waals surface area contributed by atoms with Crippen molar-refractivity contribution in [1.82, 2.24) is 0 Å². The lowest BCUT2D eigenvalue weighted by molar-refractivity contribution is 0.718. The van der Waals surface area contributed by atoms with Crippen LogP contribution in [0.1, 0.15) is 22.7 Å². The van der Waals surface area contributed by atoms with E-state index in [1.165, 1.54) is 5.56 Å². The fourth-order valence-corrected chi connectivity index (χ4v) is 3.01. The molecule has 0 aliphatic heterocycles. The maximum Gasteiger partial charge on any atom is 0.0453 e. The summed E-state index contributed by atoms with van der Waals surface area (Å²) in [5, 5.41) is 1.30. The van der Waals surface area contributed by atoms with Crippen LogP contribution in [-0.2, 0) is 6.42 Å². The minimum Gasteiger partial charge on any atom is -0.324 e. The van der Waals surface area contributed by atoms with Crippen LogP contribution in [0, 0.1) is 6.92 Å². The molecule has 0 saturated heterocycles. The molecule has 19 heavy (non-hydrogen) atoms. The van der Waals surface area contributed by atoms with E-state index in [0.717, 1.165) is 15.6 Å². The largest absolute Gasteiger partial charge is 0.324 e. The van der Waals surface area contributed by atoms with Crippen LogP contribution in [0.15, 0.2) is 40.9 Å². The molecule has 2 rings (SSSR count). The van der Waals surface area contributed by atoms with Crippen LogP contribution < -0.4 is 5.73 Å². The number of benzene rings is 2. The van der Waals surface area contributed by atoms with Gasteiger partial charge < -0.3 is 5.73 Å². The van der Waals surface area contributed by atoms with E-state index in [4.69, 9.17) is 28.9 Å². The molecule has 100 valence electrons. The molecule has 0 fully saturated rings. The molecule has 1 atom stereocenters. The zero-order valence-corrected chi connectivity index (χ0v) is 13.6. The zero-order chi connectivity index (χ0) is 14.0. The topological polar surface area (TPSA) is 26.0 Å². The van der Waals surface area contributed by atoms with Crippen LogP contribution >= 0.6 is 39.1 Å². The van der Waals surface area contributed by atoms with Gasteiger partial charge in [-0.2, -0.15) is 0 Å². The van der Waals surface area contributed by atoms with Gasteiger partial charge in [0.25, 0.3) is 0 Å². The lowest BCUT2D eigenvalue weighted by atomic mass is 9.98. The Morgan fingerprint density at radius 3 is 2.58 bits per heavy atom. The first-order valence-corrected chi connectivity index (χ1v) is 7.48. The molecule has 1 nitrogen and oxygen atoms in total. The minimum absolute atomic E-state index is 0.104. The average Bonchev–Trinajstić information content (AvgIpc) is 2.35. The van der Waals surface area contributed by atoms with Crippen LogP contribution in [0.5, 0.6) is 0 Å². The van der Waals surface area contributed by atoms with Crippen molar-refractivity contribution in [2.24, 2.45) is 5.73 Å². The van der Waals surface area contributed by atoms with E-state index < -0.39 is 0 Å². The normalized spacial score (nSPS) is 12.5. The summed E-state index contributed by atoms with van der Waals surface area (Å²) in [7, 11) is 0. The lowest BCUT2D eigenvalue weighted by Crippen LogP contribution is -2.14. The summed E-state index contributed by atoms with van der Waals surface area (Å²) in [5.41, 5.74) is 9.57. The molecule has 1 unspecified atom stereocenters. The van der Waals surface area contributed by atoms with Gasteiger partial charge in [-0.05, 0) is 42.7 Å². The van der Waals surface area contributed by atoms with Crippen molar-refractivity contribution in [2.45, 2.75) is 19.4 Å². The predicted octanol–water partition coefficient (Wildman–Crippen LogP) is 5.31. The standard InChI is InChI=1S/C15H14BrCl2N/c1-9-2-5-13(16)12(6-9)15(19)7-10-3-4-11(17)8-14(10)18/h2-6,8,15H,7,19H2,1H3. The molecule has 0 saturated carbocycles. The van der Waals surface area contributed by atoms with Crippen molar-refractivity contribution >= 4 is 39.1 Å². The molecule has 0 radical (unpaired) electrons. The Morgan fingerprint density at radius 2 is 1.89 bits per heavy atom. The van der Waals surface area contributed by atoms with E-state index >= 15 is 0 Å². The van der Waals surface area contributed by atoms with Gasteiger partial charge in [0.15, 0.2) is 0 Å². The molecule has 2 N–H and O–H groups in total. The second-order valence-corrected chi connectivity index (χ2v) is 6.27. The Kier molecular flexibility index (Phi) is 4.91. The maximum atomic E-state index is 6.28. The molecule has 2 aromatic rings. The van der Waals surface area contributed by atoms with Crippen molar-refractivity contribution in [3.63, 3.8) is 0 Å². The molecule has 0 amide bonds. The van der Waals surface area contributed by atoms with Gasteiger partial charge in [0, 0.05) is 20.6 Å². The molecular weight excluding hydrogens is 345 g/mol. The summed E-state index contributed by atoms with van der Waals surface area (Å²) in [6, 6.07) is 11.6. The molecule has 0 aliphatic carbocycles. The summed E-state index contributed by atoms with van der Waals surface area (Å²) in [5.74, 6) is 0. The molecular formula is C15H14BrCl2N. The third-order valence-corrected chi connectivity index (χ3v) is 4.32. The highest BCUT2D eigenvalue weighted by atomic mass is 79.9. The van der Waals surface area contributed by atoms with Crippen LogP contribution in [-0.4, -0.2) is 0 Å². The Bertz CT molecular complexity index is 599. The van der Waals surface area contributed by atoms with Gasteiger partial charge in [-0.3, -0.25) is 0 Å². The first-order chi connectivity index (χ1) is 8.97. The van der Waals surface area contributed by atoms with Crippen molar-refractivity contribution in [1.29, 1.82) is 0 Å². The second-order valence-electron chi connectivity index (χ2n) is 4.57. The third kappa shape index (κ3) is 3.73. The minimum atomic E-state index is -0.104. The predicted molar refractivity (Wildman–Crippen MR) is 86.0 cm³/mol. The highest BCUT2D eigenvalue weighted by Gasteiger charge is 2.13. The molecule has 0 bridgehead atoms. The van der Waals surface area contributed by atoms with E-state index in [2.05, 4.69) is 35.0 Å². The number of nitrogens with two attached hydrogens (primary N) is 1. The van der Waals surface area contributed by atoms with Gasteiger partial charge in [0.2, 0.25) is 0 Å². The summed E-state index contributed by atoms with van der Waals surface area (Å²) in [6.07, 6.45) is 0.679. The first kappa shape index (κ1) is 14.9. The van der Waals surface area contributed by atoms with Crippen molar-refractivity contribution in [3.8, 4) is 0 Å². The maximum absolute atomic E-state index is 6.28. The molecule has 0 heterocycles. The number of hydrogen-bond acceptors (Lipinski definition) is 1. The highest BCUT2D eigenvalue weighted by molar-refractivity contribution is 9.10. The average molecular weight is 359 g/mol. The summed E-state index contributed by atoms with van der Waals surface area (Å²) < 4.78 is 1.02. The van der Waals surface area contributed by atoms with Gasteiger partial charge >= 0.3 is 0 Å². The van der Waals surface area contributed by atoms with E-state index in [1.54, 1.807) is 6.07 Å². The van der Waals surface area contributed by atoms with Gasteiger partial charge in [0.1, 0.15) is 0 Å². The van der Waals surface area contributed by atoms with Crippen molar-refractivity contribution < 1.29 is 0 Å². The van der Waals surface area contributed by atoms with Crippen LogP contribution in [0.4, 0.5) is 0 Å². The second kappa shape index (κ2) is 6.27. The van der Waals surface area contributed by atoms with Crippen LogP contribution in [0.2, 0.25) is 10.0 Å². The summed E-state index contributed by atoms with van der Waals surface area (Å²) in [6.45, 7) is 2.05. The van der Waals surface area contributed by atoms with Crippen molar-refractivity contribution in [3.05, 3.63) is 67.6 Å². The van der Waals surface area contributed by atoms with Gasteiger partial charge in [-0.1, -0.05) is 62.9 Å². The monoisotopic (exact) mass is 357 g/mol. The van der Waals surface area contributed by atoms with Gasteiger partial charge in [-0.15, -0.1) is 0 Å². The summed E-state index contributed by atoms with van der Waals surface area (Å²) >= 11 is 15.6. The molecule has 4 heteroatoms. The van der Waals surface area contributed by atoms with E-state index in [0.29, 0.717) is 16.5 Å². The smallest absolute Gasteiger partial charge is 0.0453 e. The Morgan fingerprint density at radius 1 is 1.16 bits per heavy atom. The number of halogens is 3. The summed E-state index contributed by atoms with van der Waals surface area (Å²) in [4.78, 5) is 0. The highest BCUT2D eigenvalue weighted by Crippen LogP contribution is 2.29. The molecule has 2 aromatic carbocycles. The Balaban J connectivity index is 2.25. The Labute approximate surface area is 131 Å². The molecule has 0 aromatic heterocycles. The number of rotatable bonds is 3. The van der Waals surface area contributed by atoms with Gasteiger partial charge in [0.05, 0.1) is 0 Å². The first-order valence-electron chi connectivity index (χ1n) is 5.93. The quantitative estimate of drug-likeness (QED) is 0.790. The number of aryl methyl sites for hydroxylation is 1. The number of hydrogen-bond donors (Lipinski definition) is 1. The van der Waals surface area contributed by atoms with Crippen LogP contribution in [0.25, 0.3) is 0 Å². The third-order valence-electron chi connectivity index (χ3n) is 3.01. The van der Waals surface area contributed by atoms with Gasteiger partial charge in [-0.25, -0.2) is 0 Å². The molecule has 0 aliphatic rings. The molecule has 0 spiro atoms. The SMILES string of the molecule is Cc1ccc(Br)c(C(N)Cc2ccc(Cl)cc2Cl)c1. The lowest BCUT2D eigenvalue weighted by Gasteiger charge is -2.16. The fourth-order valence-electron chi connectivity index (χ4n) is 1.98. The van der Waals surface area contributed by atoms with E-state index in [9.17, 15) is 0 Å². The van der Waals surface area contributed by atoms with E-state index in [1.807, 2.05) is 18.2 Å². The Hall–Kier alpha value is -0.540. The van der Waals surface area contributed by atoms with Crippen molar-refractivity contribution in [2.75, 3.05) is 0 Å².